The Morgan fingerprint density at radius 1 is 1.10 bits per heavy atom. The van der Waals surface area contributed by atoms with E-state index in [0.29, 0.717) is 41.8 Å². The van der Waals surface area contributed by atoms with Crippen molar-refractivity contribution in [3.8, 4) is 11.5 Å². The van der Waals surface area contributed by atoms with Gasteiger partial charge >= 0.3 is 0 Å². The standard InChI is InChI=1S/C19H17N3O5S2/c20-29(24,25)15-4-1-12(2-5-15)9-14-11-21-19(28-14)22-18(23)13-3-6-16-17(10-13)27-8-7-26-16/h1-6,10-11H,7-9H2,(H2,20,24,25)(H,21,22,23). The Labute approximate surface area is 171 Å². The van der Waals surface area contributed by atoms with Gasteiger partial charge < -0.3 is 9.47 Å². The van der Waals surface area contributed by atoms with Gasteiger partial charge in [-0.2, -0.15) is 0 Å². The fourth-order valence-corrected chi connectivity index (χ4v) is 4.16. The molecule has 1 amide bonds. The Balaban J connectivity index is 1.42. The van der Waals surface area contributed by atoms with Crippen LogP contribution in [0.4, 0.5) is 5.13 Å². The molecule has 3 N–H and O–H groups in total. The van der Waals surface area contributed by atoms with Crippen molar-refractivity contribution in [1.82, 2.24) is 4.98 Å². The number of sulfonamides is 1. The number of hydrogen-bond donors (Lipinski definition) is 2. The maximum atomic E-state index is 12.5. The van der Waals surface area contributed by atoms with Gasteiger partial charge in [0, 0.05) is 23.1 Å². The largest absolute Gasteiger partial charge is 0.486 e. The molecule has 10 heteroatoms. The van der Waals surface area contributed by atoms with Gasteiger partial charge in [0.25, 0.3) is 5.91 Å². The van der Waals surface area contributed by atoms with E-state index in [-0.39, 0.29) is 10.8 Å². The number of rotatable bonds is 5. The third-order valence-electron chi connectivity index (χ3n) is 4.21. The van der Waals surface area contributed by atoms with Crippen LogP contribution >= 0.6 is 11.3 Å². The van der Waals surface area contributed by atoms with Crippen molar-refractivity contribution in [3.05, 3.63) is 64.7 Å². The molecular formula is C19H17N3O5S2. The average Bonchev–Trinajstić information content (AvgIpc) is 3.14. The van der Waals surface area contributed by atoms with E-state index in [0.717, 1.165) is 10.4 Å². The van der Waals surface area contributed by atoms with E-state index in [1.807, 2.05) is 0 Å². The van der Waals surface area contributed by atoms with Gasteiger partial charge in [-0.25, -0.2) is 18.5 Å². The van der Waals surface area contributed by atoms with Crippen molar-refractivity contribution in [3.63, 3.8) is 0 Å². The minimum atomic E-state index is -3.71. The molecule has 0 aliphatic carbocycles. The van der Waals surface area contributed by atoms with Crippen LogP contribution in [0.1, 0.15) is 20.8 Å². The molecule has 29 heavy (non-hydrogen) atoms. The highest BCUT2D eigenvalue weighted by atomic mass is 32.2. The molecule has 0 saturated heterocycles. The number of aromatic nitrogens is 1. The Morgan fingerprint density at radius 3 is 2.55 bits per heavy atom. The molecule has 0 spiro atoms. The fraction of sp³-hybridized carbons (Fsp3) is 0.158. The predicted molar refractivity (Wildman–Crippen MR) is 108 cm³/mol. The van der Waals surface area contributed by atoms with Crippen LogP contribution in [0.2, 0.25) is 0 Å². The second-order valence-electron chi connectivity index (χ2n) is 6.31. The second kappa shape index (κ2) is 7.82. The summed E-state index contributed by atoms with van der Waals surface area (Å²) in [6, 6.07) is 11.4. The van der Waals surface area contributed by atoms with Crippen LogP contribution in [-0.4, -0.2) is 32.5 Å². The van der Waals surface area contributed by atoms with Crippen LogP contribution in [0.25, 0.3) is 0 Å². The zero-order chi connectivity index (χ0) is 20.4. The number of carbonyl (C=O) groups is 1. The summed E-state index contributed by atoms with van der Waals surface area (Å²) in [6.07, 6.45) is 2.24. The molecule has 4 rings (SSSR count). The summed E-state index contributed by atoms with van der Waals surface area (Å²) in [5.41, 5.74) is 1.36. The van der Waals surface area contributed by atoms with Crippen molar-refractivity contribution in [2.45, 2.75) is 11.3 Å². The van der Waals surface area contributed by atoms with Crippen LogP contribution in [0.15, 0.2) is 53.6 Å². The van der Waals surface area contributed by atoms with Crippen molar-refractivity contribution in [1.29, 1.82) is 0 Å². The van der Waals surface area contributed by atoms with Crippen molar-refractivity contribution < 1.29 is 22.7 Å². The van der Waals surface area contributed by atoms with Gasteiger partial charge in [-0.1, -0.05) is 12.1 Å². The normalized spacial score (nSPS) is 13.1. The number of nitrogens with zero attached hydrogens (tertiary/aromatic N) is 1. The van der Waals surface area contributed by atoms with E-state index < -0.39 is 10.0 Å². The molecule has 3 aromatic rings. The van der Waals surface area contributed by atoms with Gasteiger partial charge in [-0.15, -0.1) is 11.3 Å². The number of hydrogen-bond acceptors (Lipinski definition) is 7. The van der Waals surface area contributed by atoms with E-state index >= 15 is 0 Å². The molecule has 0 fully saturated rings. The maximum absolute atomic E-state index is 12.5. The van der Waals surface area contributed by atoms with Gasteiger partial charge in [-0.3, -0.25) is 10.1 Å². The lowest BCUT2D eigenvalue weighted by Crippen LogP contribution is -2.17. The number of nitrogens with two attached hydrogens (primary N) is 1. The summed E-state index contributed by atoms with van der Waals surface area (Å²) in [6.45, 7) is 0.942. The first kappa shape index (κ1) is 19.4. The summed E-state index contributed by atoms with van der Waals surface area (Å²) in [7, 11) is -3.71. The lowest BCUT2D eigenvalue weighted by Gasteiger charge is -2.18. The summed E-state index contributed by atoms with van der Waals surface area (Å²) in [4.78, 5) is 17.7. The molecule has 2 heterocycles. The summed E-state index contributed by atoms with van der Waals surface area (Å²) in [5.74, 6) is 0.879. The molecule has 1 aromatic heterocycles. The number of fused-ring (bicyclic) bond motifs is 1. The summed E-state index contributed by atoms with van der Waals surface area (Å²) in [5, 5.41) is 8.35. The highest BCUT2D eigenvalue weighted by molar-refractivity contribution is 7.89. The van der Waals surface area contributed by atoms with Crippen molar-refractivity contribution in [2.75, 3.05) is 18.5 Å². The number of anilines is 1. The third-order valence-corrected chi connectivity index (χ3v) is 6.05. The monoisotopic (exact) mass is 431 g/mol. The third kappa shape index (κ3) is 4.56. The first-order chi connectivity index (χ1) is 13.9. The number of thiazole rings is 1. The number of ether oxygens (including phenoxy) is 2. The van der Waals surface area contributed by atoms with Crippen LogP contribution < -0.4 is 19.9 Å². The molecule has 8 nitrogen and oxygen atoms in total. The highest BCUT2D eigenvalue weighted by Gasteiger charge is 2.16. The average molecular weight is 431 g/mol. The molecule has 0 saturated carbocycles. The van der Waals surface area contributed by atoms with E-state index in [4.69, 9.17) is 14.6 Å². The first-order valence-corrected chi connectivity index (χ1v) is 11.0. The molecule has 0 unspecified atom stereocenters. The molecule has 0 radical (unpaired) electrons. The SMILES string of the molecule is NS(=O)(=O)c1ccc(Cc2cnc(NC(=O)c3ccc4c(c3)OCCO4)s2)cc1. The molecule has 1 aliphatic heterocycles. The Hall–Kier alpha value is -2.95. The van der Waals surface area contributed by atoms with E-state index in [9.17, 15) is 13.2 Å². The van der Waals surface area contributed by atoms with Gasteiger partial charge in [0.2, 0.25) is 10.0 Å². The van der Waals surface area contributed by atoms with E-state index in [1.54, 1.807) is 36.5 Å². The first-order valence-electron chi connectivity index (χ1n) is 8.66. The highest BCUT2D eigenvalue weighted by Crippen LogP contribution is 2.31. The molecule has 150 valence electrons. The second-order valence-corrected chi connectivity index (χ2v) is 8.99. The minimum Gasteiger partial charge on any atom is -0.486 e. The molecule has 0 bridgehead atoms. The van der Waals surface area contributed by atoms with Crippen molar-refractivity contribution in [2.24, 2.45) is 5.14 Å². The Morgan fingerprint density at radius 2 is 1.83 bits per heavy atom. The molecule has 2 aromatic carbocycles. The zero-order valence-corrected chi connectivity index (χ0v) is 16.8. The van der Waals surface area contributed by atoms with Crippen LogP contribution in [0.3, 0.4) is 0 Å². The topological polar surface area (TPSA) is 121 Å². The number of primary sulfonamides is 1. The summed E-state index contributed by atoms with van der Waals surface area (Å²) < 4.78 is 33.6. The van der Waals surface area contributed by atoms with Crippen LogP contribution in [0.5, 0.6) is 11.5 Å². The number of amides is 1. The van der Waals surface area contributed by atoms with Crippen molar-refractivity contribution >= 4 is 32.4 Å². The molecule has 1 aliphatic rings. The van der Waals surface area contributed by atoms with Gasteiger partial charge in [-0.05, 0) is 35.9 Å². The van der Waals surface area contributed by atoms with Crippen LogP contribution in [-0.2, 0) is 16.4 Å². The number of nitrogens with one attached hydrogen (secondary N) is 1. The minimum absolute atomic E-state index is 0.0675. The molecule has 0 atom stereocenters. The zero-order valence-electron chi connectivity index (χ0n) is 15.1. The predicted octanol–water partition coefficient (Wildman–Crippen LogP) is 2.40. The van der Waals surface area contributed by atoms with Gasteiger partial charge in [0.05, 0.1) is 4.90 Å². The molecular weight excluding hydrogens is 414 g/mol. The quantitative estimate of drug-likeness (QED) is 0.640. The Bertz CT molecular complexity index is 1160. The van der Waals surface area contributed by atoms with E-state index in [2.05, 4.69) is 10.3 Å². The lowest BCUT2D eigenvalue weighted by atomic mass is 10.1. The number of carbonyl (C=O) groups excluding carboxylic acids is 1. The number of benzene rings is 2. The van der Waals surface area contributed by atoms with Gasteiger partial charge in [0.15, 0.2) is 16.6 Å². The smallest absolute Gasteiger partial charge is 0.257 e. The summed E-state index contributed by atoms with van der Waals surface area (Å²) >= 11 is 1.35. The fourth-order valence-electron chi connectivity index (χ4n) is 2.80. The maximum Gasteiger partial charge on any atom is 0.257 e. The van der Waals surface area contributed by atoms with Gasteiger partial charge in [0.1, 0.15) is 13.2 Å². The van der Waals surface area contributed by atoms with E-state index in [1.165, 1.54) is 23.5 Å². The lowest BCUT2D eigenvalue weighted by molar-refractivity contribution is 0.102. The Kier molecular flexibility index (Phi) is 5.22. The van der Waals surface area contributed by atoms with Crippen LogP contribution in [0, 0.1) is 0 Å².